The second-order valence-corrected chi connectivity index (χ2v) is 10.5. The van der Waals surface area contributed by atoms with Crippen molar-refractivity contribution in [2.24, 2.45) is 0 Å². The molecule has 0 spiro atoms. The Morgan fingerprint density at radius 3 is 1.70 bits per heavy atom. The number of benzene rings is 1. The molecule has 0 aliphatic heterocycles. The van der Waals surface area contributed by atoms with E-state index in [1.54, 1.807) is 0 Å². The van der Waals surface area contributed by atoms with Gasteiger partial charge in [0, 0.05) is 39.5 Å². The molecule has 8 nitrogen and oxygen atoms in total. The van der Waals surface area contributed by atoms with Crippen LogP contribution < -0.4 is 0 Å². The van der Waals surface area contributed by atoms with E-state index >= 15 is 0 Å². The average Bonchev–Trinajstić information content (AvgIpc) is 2.73. The van der Waals surface area contributed by atoms with Crippen LogP contribution in [-0.4, -0.2) is 28.4 Å². The van der Waals surface area contributed by atoms with Gasteiger partial charge in [0.25, 0.3) is 0 Å². The molecule has 0 radical (unpaired) electrons. The molecule has 1 aromatic rings. The Morgan fingerprint density at radius 1 is 0.833 bits per heavy atom. The Kier molecular flexibility index (Phi) is 14.6. The molecule has 0 bridgehead atoms. The number of halogens is 6. The zero-order chi connectivity index (χ0) is 23.5. The minimum atomic E-state index is -3.75. The van der Waals surface area contributed by atoms with E-state index in [1.807, 2.05) is 0 Å². The number of phosphoric ester groups is 2. The molecule has 0 aliphatic rings. The maximum absolute atomic E-state index is 11.9. The number of hydrogen-bond donors (Lipinski definition) is 0. The van der Waals surface area contributed by atoms with Gasteiger partial charge < -0.3 is 9.05 Å². The van der Waals surface area contributed by atoms with Crippen LogP contribution in [0.4, 0.5) is 0 Å². The summed E-state index contributed by atoms with van der Waals surface area (Å²) >= 11 is 33.6. The van der Waals surface area contributed by atoms with E-state index in [1.165, 1.54) is 40.6 Å². The lowest BCUT2D eigenvalue weighted by Gasteiger charge is -2.17. The third-order valence-corrected chi connectivity index (χ3v) is 6.73. The van der Waals surface area contributed by atoms with Crippen LogP contribution >= 0.6 is 85.3 Å². The fourth-order valence-electron chi connectivity index (χ4n) is 1.37. The quantitative estimate of drug-likeness (QED) is 0.162. The van der Waals surface area contributed by atoms with Gasteiger partial charge in [-0.15, -0.1) is 0 Å². The highest BCUT2D eigenvalue weighted by Gasteiger charge is 2.27. The maximum Gasteiger partial charge on any atom is 0.529 e. The standard InChI is InChI=1S/C10H9Cl4O4P.C4H7Cl2O4P/c1-16-19(15,17-2)18-10(5-11)6-3-8(13)9(14)4-7(6)12;1-8-11(7,9-2)10-3-4(5)6/h3-5H,1-2H3;3H,1-2H3/b10-5-;. The lowest BCUT2D eigenvalue weighted by Crippen LogP contribution is -1.96. The van der Waals surface area contributed by atoms with E-state index in [-0.39, 0.29) is 25.3 Å². The van der Waals surface area contributed by atoms with Crippen molar-refractivity contribution in [2.45, 2.75) is 0 Å². The fraction of sp³-hybridized carbons (Fsp3) is 0.286. The molecule has 1 rings (SSSR count). The van der Waals surface area contributed by atoms with E-state index in [9.17, 15) is 9.13 Å². The first-order valence-electron chi connectivity index (χ1n) is 7.18. The summed E-state index contributed by atoms with van der Waals surface area (Å²) in [7, 11) is -2.53. The number of rotatable bonds is 9. The molecule has 0 saturated carbocycles. The predicted molar refractivity (Wildman–Crippen MR) is 121 cm³/mol. The molecule has 0 atom stereocenters. The Balaban J connectivity index is 0.000000654. The minimum Gasteiger partial charge on any atom is -0.409 e. The average molecular weight is 587 g/mol. The summed E-state index contributed by atoms with van der Waals surface area (Å²) in [6, 6.07) is 2.84. The molecule has 0 heterocycles. The van der Waals surface area contributed by atoms with Crippen molar-refractivity contribution in [1.29, 1.82) is 0 Å². The highest BCUT2D eigenvalue weighted by Crippen LogP contribution is 2.52. The fourth-order valence-corrected chi connectivity index (χ4v) is 3.70. The van der Waals surface area contributed by atoms with Crippen molar-refractivity contribution >= 4 is 91.0 Å². The van der Waals surface area contributed by atoms with Crippen LogP contribution in [-0.2, 0) is 36.3 Å². The maximum atomic E-state index is 11.9. The Morgan fingerprint density at radius 2 is 1.30 bits per heavy atom. The van der Waals surface area contributed by atoms with Gasteiger partial charge in [0.15, 0.2) is 5.76 Å². The van der Waals surface area contributed by atoms with Gasteiger partial charge in [-0.3, -0.25) is 18.1 Å². The largest absolute Gasteiger partial charge is 0.529 e. The molecule has 0 aliphatic carbocycles. The van der Waals surface area contributed by atoms with Crippen molar-refractivity contribution < 1.29 is 36.3 Å². The van der Waals surface area contributed by atoms with Crippen LogP contribution in [0.2, 0.25) is 15.1 Å². The monoisotopic (exact) mass is 584 g/mol. The molecule has 0 N–H and O–H groups in total. The summed E-state index contributed by atoms with van der Waals surface area (Å²) in [5.41, 5.74) is 1.34. The summed E-state index contributed by atoms with van der Waals surface area (Å²) in [6.07, 6.45) is 0.872. The van der Waals surface area contributed by atoms with Crippen LogP contribution in [0.1, 0.15) is 5.56 Å². The second kappa shape index (κ2) is 14.5. The van der Waals surface area contributed by atoms with Gasteiger partial charge in [-0.1, -0.05) is 69.6 Å². The van der Waals surface area contributed by atoms with E-state index in [0.29, 0.717) is 5.56 Å². The highest BCUT2D eigenvalue weighted by atomic mass is 35.5. The van der Waals surface area contributed by atoms with Crippen LogP contribution in [0, 0.1) is 0 Å². The molecule has 1 aromatic carbocycles. The summed E-state index contributed by atoms with van der Waals surface area (Å²) in [6.45, 7) is 0. The third-order valence-electron chi connectivity index (χ3n) is 2.75. The van der Waals surface area contributed by atoms with E-state index in [2.05, 4.69) is 22.6 Å². The van der Waals surface area contributed by atoms with Gasteiger partial charge in [-0.25, -0.2) is 9.13 Å². The first-order valence-corrected chi connectivity index (χ1v) is 12.4. The molecule has 0 amide bonds. The molecule has 0 aromatic heterocycles. The zero-order valence-corrected chi connectivity index (χ0v) is 22.1. The zero-order valence-electron chi connectivity index (χ0n) is 15.7. The van der Waals surface area contributed by atoms with Crippen molar-refractivity contribution in [1.82, 2.24) is 0 Å². The summed E-state index contributed by atoms with van der Waals surface area (Å²) in [4.78, 5) is 0. The van der Waals surface area contributed by atoms with E-state index < -0.39 is 15.6 Å². The molecule has 0 unspecified atom stereocenters. The lowest BCUT2D eigenvalue weighted by atomic mass is 10.2. The molecular formula is C14H16Cl6O8P2. The van der Waals surface area contributed by atoms with Crippen molar-refractivity contribution in [3.63, 3.8) is 0 Å². The van der Waals surface area contributed by atoms with Crippen molar-refractivity contribution in [3.05, 3.63) is 49.1 Å². The topological polar surface area (TPSA) is 89.5 Å². The first-order chi connectivity index (χ1) is 13.9. The lowest BCUT2D eigenvalue weighted by molar-refractivity contribution is 0.193. The predicted octanol–water partition coefficient (Wildman–Crippen LogP) is 8.28. The van der Waals surface area contributed by atoms with Crippen molar-refractivity contribution in [3.8, 4) is 0 Å². The summed E-state index contributed by atoms with van der Waals surface area (Å²) in [5, 5.41) is 0.733. The molecular weight excluding hydrogens is 571 g/mol. The van der Waals surface area contributed by atoms with Crippen LogP contribution in [0.15, 0.2) is 28.4 Å². The molecule has 0 saturated heterocycles. The van der Waals surface area contributed by atoms with Gasteiger partial charge in [0.1, 0.15) is 10.8 Å². The molecule has 172 valence electrons. The second-order valence-electron chi connectivity index (χ2n) is 4.45. The normalized spacial score (nSPS) is 12.0. The summed E-state index contributed by atoms with van der Waals surface area (Å²) < 4.78 is 50.4. The van der Waals surface area contributed by atoms with Gasteiger partial charge in [0.05, 0.1) is 15.1 Å². The minimum absolute atomic E-state index is 0.0164. The van der Waals surface area contributed by atoms with Crippen LogP contribution in [0.3, 0.4) is 0 Å². The van der Waals surface area contributed by atoms with E-state index in [0.717, 1.165) is 11.8 Å². The van der Waals surface area contributed by atoms with Gasteiger partial charge in [-0.05, 0) is 12.1 Å². The van der Waals surface area contributed by atoms with Gasteiger partial charge in [0.2, 0.25) is 0 Å². The SMILES string of the molecule is COP(=O)(OC)O/C(=C\Cl)c1cc(Cl)c(Cl)cc1Cl.COP(=O)(OC)OC=C(Cl)Cl. The molecule has 16 heteroatoms. The Hall–Kier alpha value is 0.340. The Labute approximate surface area is 204 Å². The first kappa shape index (κ1) is 30.3. The molecule has 30 heavy (non-hydrogen) atoms. The Bertz CT molecular complexity index is 843. The summed E-state index contributed by atoms with van der Waals surface area (Å²) in [5.74, 6) is -0.0164. The van der Waals surface area contributed by atoms with Gasteiger partial charge in [-0.2, -0.15) is 0 Å². The number of phosphoric acid groups is 2. The smallest absolute Gasteiger partial charge is 0.409 e. The molecule has 0 fully saturated rings. The number of hydrogen-bond acceptors (Lipinski definition) is 8. The van der Waals surface area contributed by atoms with Crippen LogP contribution in [0.25, 0.3) is 5.76 Å². The third kappa shape index (κ3) is 10.3. The van der Waals surface area contributed by atoms with Crippen molar-refractivity contribution in [2.75, 3.05) is 28.4 Å². The van der Waals surface area contributed by atoms with Crippen LogP contribution in [0.5, 0.6) is 0 Å². The van der Waals surface area contributed by atoms with E-state index in [4.69, 9.17) is 74.1 Å². The van der Waals surface area contributed by atoms with Gasteiger partial charge >= 0.3 is 15.6 Å². The highest BCUT2D eigenvalue weighted by molar-refractivity contribution is 7.49.